The van der Waals surface area contributed by atoms with Crippen molar-refractivity contribution in [3.05, 3.63) is 57.3 Å². The Bertz CT molecular complexity index is 1780. The van der Waals surface area contributed by atoms with Crippen molar-refractivity contribution in [3.63, 3.8) is 0 Å². The fourth-order valence-corrected chi connectivity index (χ4v) is 8.42. The Morgan fingerprint density at radius 3 is 2.68 bits per heavy atom. The van der Waals surface area contributed by atoms with Gasteiger partial charge in [0.2, 0.25) is 0 Å². The number of nitrogens with zero attached hydrogens (tertiary/aromatic N) is 3. The third kappa shape index (κ3) is 4.90. The van der Waals surface area contributed by atoms with Crippen molar-refractivity contribution in [1.82, 2.24) is 15.5 Å². The third-order valence-corrected chi connectivity index (χ3v) is 10.8. The van der Waals surface area contributed by atoms with Gasteiger partial charge in [0.1, 0.15) is 22.7 Å². The van der Waals surface area contributed by atoms with Gasteiger partial charge in [0.15, 0.2) is 11.2 Å². The van der Waals surface area contributed by atoms with E-state index in [-0.39, 0.29) is 23.6 Å². The second kappa shape index (κ2) is 10.9. The van der Waals surface area contributed by atoms with Crippen LogP contribution in [0.4, 0.5) is 5.13 Å². The quantitative estimate of drug-likeness (QED) is 0.214. The number of nitrogens with one attached hydrogen (secondary N) is 1. The Kier molecular flexibility index (Phi) is 6.97. The molecule has 0 spiro atoms. The molecule has 0 radical (unpaired) electrons. The first-order valence-electron chi connectivity index (χ1n) is 14.8. The monoisotopic (exact) mass is 654 g/mol. The van der Waals surface area contributed by atoms with Crippen LogP contribution < -0.4 is 15.0 Å². The average Bonchev–Trinajstić information content (AvgIpc) is 3.41. The van der Waals surface area contributed by atoms with Crippen molar-refractivity contribution in [2.24, 2.45) is 5.92 Å². The summed E-state index contributed by atoms with van der Waals surface area (Å²) in [6, 6.07) is 8.75. The SMILES string of the molecule is O=C(O)c1cc(O[C@@H]2CCNC2=O)c2nc(N3C[C@@H]4C[C@H]3C[C@H]4OCc3c(-c4c(Cl)cccc4Cl)noc3C3CC3)sc2c1. The molecule has 13 heteroatoms. The van der Waals surface area contributed by atoms with E-state index in [1.807, 2.05) is 6.07 Å². The van der Waals surface area contributed by atoms with Crippen molar-refractivity contribution >= 4 is 61.8 Å². The summed E-state index contributed by atoms with van der Waals surface area (Å²) in [5.74, 6) is 0.601. The highest BCUT2D eigenvalue weighted by molar-refractivity contribution is 7.22. The average molecular weight is 656 g/mol. The predicted octanol–water partition coefficient (Wildman–Crippen LogP) is 6.29. The van der Waals surface area contributed by atoms with E-state index in [0.717, 1.165) is 53.4 Å². The Labute approximate surface area is 266 Å². The van der Waals surface area contributed by atoms with E-state index in [0.29, 0.717) is 64.0 Å². The maximum atomic E-state index is 12.2. The number of aromatic nitrogens is 2. The van der Waals surface area contributed by atoms with E-state index in [1.165, 1.54) is 17.4 Å². The summed E-state index contributed by atoms with van der Waals surface area (Å²) in [6.45, 7) is 1.68. The fraction of sp³-hybridized carbons (Fsp3) is 0.419. The van der Waals surface area contributed by atoms with Crippen LogP contribution in [0.25, 0.3) is 21.5 Å². The molecule has 44 heavy (non-hydrogen) atoms. The van der Waals surface area contributed by atoms with E-state index in [2.05, 4.69) is 15.4 Å². The number of halogens is 2. The van der Waals surface area contributed by atoms with Crippen LogP contribution in [0.2, 0.25) is 10.0 Å². The topological polar surface area (TPSA) is 127 Å². The molecular weight excluding hydrogens is 627 g/mol. The van der Waals surface area contributed by atoms with Crippen LogP contribution in [0.3, 0.4) is 0 Å². The number of amides is 1. The number of thiazole rings is 1. The van der Waals surface area contributed by atoms with Gasteiger partial charge in [-0.05, 0) is 49.9 Å². The molecule has 4 aliphatic rings. The van der Waals surface area contributed by atoms with Gasteiger partial charge in [0, 0.05) is 48.5 Å². The lowest BCUT2D eigenvalue weighted by Gasteiger charge is -2.31. The molecule has 2 bridgehead atoms. The number of fused-ring (bicyclic) bond motifs is 3. The van der Waals surface area contributed by atoms with Crippen molar-refractivity contribution in [2.75, 3.05) is 18.0 Å². The van der Waals surface area contributed by atoms with Crippen LogP contribution in [0.5, 0.6) is 5.75 Å². The van der Waals surface area contributed by atoms with Gasteiger partial charge >= 0.3 is 5.97 Å². The molecule has 2 aliphatic heterocycles. The number of anilines is 1. The summed E-state index contributed by atoms with van der Waals surface area (Å²) in [7, 11) is 0. The second-order valence-corrected chi connectivity index (χ2v) is 13.8. The van der Waals surface area contributed by atoms with E-state index >= 15 is 0 Å². The molecule has 2 aromatic carbocycles. The van der Waals surface area contributed by atoms with Gasteiger partial charge in [-0.25, -0.2) is 9.78 Å². The summed E-state index contributed by atoms with van der Waals surface area (Å²) < 4.78 is 19.1. The summed E-state index contributed by atoms with van der Waals surface area (Å²) in [5.41, 5.74) is 2.93. The van der Waals surface area contributed by atoms with E-state index in [4.69, 9.17) is 42.2 Å². The van der Waals surface area contributed by atoms with E-state index < -0.39 is 12.1 Å². The van der Waals surface area contributed by atoms with Crippen molar-refractivity contribution in [2.45, 2.75) is 62.9 Å². The first kappa shape index (κ1) is 28.1. The zero-order valence-corrected chi connectivity index (χ0v) is 25.8. The minimum atomic E-state index is -1.06. The maximum Gasteiger partial charge on any atom is 0.335 e. The Morgan fingerprint density at radius 1 is 1.18 bits per heavy atom. The molecule has 4 fully saturated rings. The molecule has 8 rings (SSSR count). The minimum absolute atomic E-state index is 0.0699. The van der Waals surface area contributed by atoms with Gasteiger partial charge in [-0.15, -0.1) is 0 Å². The molecule has 0 unspecified atom stereocenters. The number of rotatable bonds is 9. The van der Waals surface area contributed by atoms with Crippen molar-refractivity contribution in [3.8, 4) is 17.0 Å². The van der Waals surface area contributed by atoms with Crippen LogP contribution in [0, 0.1) is 5.92 Å². The molecular formula is C31H28Cl2N4O6S. The van der Waals surface area contributed by atoms with Gasteiger partial charge in [0.05, 0.1) is 33.0 Å². The number of aromatic carboxylic acids is 1. The normalized spacial score (nSPS) is 24.4. The number of carboxylic acids is 1. The number of hydrogen-bond donors (Lipinski definition) is 2. The van der Waals surface area contributed by atoms with Crippen LogP contribution in [0.1, 0.15) is 59.7 Å². The largest absolute Gasteiger partial charge is 0.478 e. The molecule has 2 saturated carbocycles. The standard InChI is InChI=1S/C31H28Cl2N4O6S/c32-19-2-1-3-20(33)25(19)26-18(28(43-36-26)14-4-5-14)13-41-22-11-17-8-16(22)12-37(17)31-35-27-23(42-21-6-7-34-29(21)38)9-15(30(39)40)10-24(27)44-31/h1-3,9-10,14,16-17,21-22H,4-8,11-13H2,(H,34,38)(H,39,40)/t16-,17-,21+,22+/m0/s1. The summed E-state index contributed by atoms with van der Waals surface area (Å²) in [5, 5.41) is 18.7. The molecule has 2 saturated heterocycles. The first-order chi connectivity index (χ1) is 21.3. The lowest BCUT2D eigenvalue weighted by atomic mass is 10.0. The van der Waals surface area contributed by atoms with Crippen molar-refractivity contribution in [1.29, 1.82) is 0 Å². The van der Waals surface area contributed by atoms with Crippen LogP contribution >= 0.6 is 34.5 Å². The van der Waals surface area contributed by atoms with E-state index in [1.54, 1.807) is 18.2 Å². The van der Waals surface area contributed by atoms with Gasteiger partial charge in [-0.2, -0.15) is 0 Å². The maximum absolute atomic E-state index is 12.2. The molecule has 10 nitrogen and oxygen atoms in total. The third-order valence-electron chi connectivity index (χ3n) is 9.09. The van der Waals surface area contributed by atoms with Gasteiger partial charge in [-0.1, -0.05) is 45.8 Å². The zero-order valence-electron chi connectivity index (χ0n) is 23.4. The predicted molar refractivity (Wildman–Crippen MR) is 165 cm³/mol. The first-order valence-corrected chi connectivity index (χ1v) is 16.3. The number of hydrogen-bond acceptors (Lipinski definition) is 9. The van der Waals surface area contributed by atoms with Gasteiger partial charge in [0.25, 0.3) is 5.91 Å². The minimum Gasteiger partial charge on any atom is -0.478 e. The number of carboxylic acid groups (broad SMARTS) is 1. The van der Waals surface area contributed by atoms with Gasteiger partial charge in [-0.3, -0.25) is 4.79 Å². The second-order valence-electron chi connectivity index (χ2n) is 11.9. The molecule has 4 atom stereocenters. The van der Waals surface area contributed by atoms with Gasteiger partial charge < -0.3 is 29.3 Å². The summed E-state index contributed by atoms with van der Waals surface area (Å²) in [6.07, 6.45) is 3.90. The molecule has 228 valence electrons. The number of ether oxygens (including phenoxy) is 2. The highest BCUT2D eigenvalue weighted by atomic mass is 35.5. The van der Waals surface area contributed by atoms with Crippen LogP contribution in [0.15, 0.2) is 34.9 Å². The number of benzene rings is 2. The van der Waals surface area contributed by atoms with E-state index in [9.17, 15) is 14.7 Å². The Balaban J connectivity index is 1.01. The highest BCUT2D eigenvalue weighted by Crippen LogP contribution is 2.48. The molecule has 2 N–H and O–H groups in total. The molecule has 2 aliphatic carbocycles. The Morgan fingerprint density at radius 2 is 2.00 bits per heavy atom. The number of carbonyl (C=O) groups excluding carboxylic acids is 1. The zero-order chi connectivity index (χ0) is 30.1. The molecule has 4 aromatic rings. The summed E-state index contributed by atoms with van der Waals surface area (Å²) >= 11 is 14.5. The molecule has 4 heterocycles. The van der Waals surface area contributed by atoms with Crippen LogP contribution in [-0.4, -0.2) is 58.5 Å². The van der Waals surface area contributed by atoms with Crippen molar-refractivity contribution < 1.29 is 28.7 Å². The summed E-state index contributed by atoms with van der Waals surface area (Å²) in [4.78, 5) is 31.2. The lowest BCUT2D eigenvalue weighted by Crippen LogP contribution is -2.38. The molecule has 1 amide bonds. The molecule has 2 aromatic heterocycles. The highest BCUT2D eigenvalue weighted by Gasteiger charge is 2.47. The smallest absolute Gasteiger partial charge is 0.335 e. The lowest BCUT2D eigenvalue weighted by molar-refractivity contribution is -0.124. The number of piperidine rings is 1. The fourth-order valence-electron chi connectivity index (χ4n) is 6.74. The Hall–Kier alpha value is -3.38. The van der Waals surface area contributed by atoms with Crippen LogP contribution in [-0.2, 0) is 16.1 Å². The number of carbonyl (C=O) groups is 2.